The first-order valence-electron chi connectivity index (χ1n) is 10.4. The van der Waals surface area contributed by atoms with E-state index in [0.29, 0.717) is 6.61 Å². The largest absolute Gasteiger partial charge is 0.494 e. The van der Waals surface area contributed by atoms with Crippen LogP contribution in [0, 0.1) is 0 Å². The highest BCUT2D eigenvalue weighted by Gasteiger charge is 1.99. The molecular formula is C27H30O. The van der Waals surface area contributed by atoms with E-state index in [4.69, 9.17) is 4.74 Å². The van der Waals surface area contributed by atoms with E-state index in [1.54, 1.807) is 0 Å². The van der Waals surface area contributed by atoms with Crippen LogP contribution in [0.4, 0.5) is 0 Å². The van der Waals surface area contributed by atoms with Gasteiger partial charge in [0.15, 0.2) is 0 Å². The van der Waals surface area contributed by atoms with Crippen molar-refractivity contribution in [2.45, 2.75) is 39.5 Å². The Bertz CT molecular complexity index is 856. The highest BCUT2D eigenvalue weighted by Crippen LogP contribution is 2.22. The molecule has 0 saturated carbocycles. The Morgan fingerprint density at radius 2 is 1.18 bits per heavy atom. The summed E-state index contributed by atoms with van der Waals surface area (Å²) in [4.78, 5) is 0. The fourth-order valence-electron chi connectivity index (χ4n) is 3.26. The summed E-state index contributed by atoms with van der Waals surface area (Å²) >= 11 is 0. The lowest BCUT2D eigenvalue weighted by Crippen LogP contribution is -1.90. The predicted molar refractivity (Wildman–Crippen MR) is 122 cm³/mol. The molecule has 0 bridgehead atoms. The number of aryl methyl sites for hydroxylation is 1. The quantitative estimate of drug-likeness (QED) is 0.277. The van der Waals surface area contributed by atoms with Crippen LogP contribution in [0.1, 0.15) is 49.8 Å². The summed E-state index contributed by atoms with van der Waals surface area (Å²) in [7, 11) is 0. The maximum Gasteiger partial charge on any atom is 0.119 e. The standard InChI is InChI=1S/C27H30O/c1-3-5-6-7-22-10-16-25(17-11-22)26-18-12-23(13-19-26)8-9-24-14-20-27(21-15-24)28-4-2/h8-21H,3-7H2,1-2H3. The molecule has 0 aliphatic heterocycles. The van der Waals surface area contributed by atoms with Gasteiger partial charge < -0.3 is 4.74 Å². The van der Waals surface area contributed by atoms with Crippen molar-refractivity contribution in [3.63, 3.8) is 0 Å². The fraction of sp³-hybridized carbons (Fsp3) is 0.259. The first-order valence-corrected chi connectivity index (χ1v) is 10.4. The molecule has 0 spiro atoms. The van der Waals surface area contributed by atoms with E-state index in [9.17, 15) is 0 Å². The number of hydrogen-bond acceptors (Lipinski definition) is 1. The SMILES string of the molecule is CCCCCc1ccc(-c2ccc(C=Cc3ccc(OCC)cc3)cc2)cc1. The van der Waals surface area contributed by atoms with Crippen LogP contribution >= 0.6 is 0 Å². The van der Waals surface area contributed by atoms with Gasteiger partial charge in [-0.3, -0.25) is 0 Å². The summed E-state index contributed by atoms with van der Waals surface area (Å²) in [5.74, 6) is 0.917. The molecule has 0 N–H and O–H groups in total. The molecule has 0 aliphatic rings. The van der Waals surface area contributed by atoms with Gasteiger partial charge in [0.25, 0.3) is 0 Å². The summed E-state index contributed by atoms with van der Waals surface area (Å²) in [6.07, 6.45) is 9.34. The Kier molecular flexibility index (Phi) is 7.49. The van der Waals surface area contributed by atoms with Crippen molar-refractivity contribution < 1.29 is 4.74 Å². The van der Waals surface area contributed by atoms with Gasteiger partial charge in [-0.1, -0.05) is 92.6 Å². The molecule has 3 rings (SSSR count). The third-order valence-electron chi connectivity index (χ3n) is 4.93. The molecule has 0 radical (unpaired) electrons. The molecule has 144 valence electrons. The molecule has 1 nitrogen and oxygen atoms in total. The Morgan fingerprint density at radius 1 is 0.643 bits per heavy atom. The second kappa shape index (κ2) is 10.5. The summed E-state index contributed by atoms with van der Waals surface area (Å²) in [6, 6.07) is 26.0. The van der Waals surface area contributed by atoms with Crippen LogP contribution in [-0.2, 0) is 6.42 Å². The van der Waals surface area contributed by atoms with E-state index in [2.05, 4.69) is 79.7 Å². The van der Waals surface area contributed by atoms with Gasteiger partial charge in [-0.15, -0.1) is 0 Å². The van der Waals surface area contributed by atoms with Crippen LogP contribution in [0.5, 0.6) is 5.75 Å². The van der Waals surface area contributed by atoms with Crippen LogP contribution in [0.15, 0.2) is 72.8 Å². The number of benzene rings is 3. The molecular weight excluding hydrogens is 340 g/mol. The molecule has 0 atom stereocenters. The number of rotatable bonds is 9. The van der Waals surface area contributed by atoms with E-state index in [1.165, 1.54) is 53.5 Å². The Labute approximate surface area is 169 Å². The van der Waals surface area contributed by atoms with Crippen molar-refractivity contribution in [1.29, 1.82) is 0 Å². The van der Waals surface area contributed by atoms with E-state index in [-0.39, 0.29) is 0 Å². The Hall–Kier alpha value is -2.80. The topological polar surface area (TPSA) is 9.23 Å². The number of hydrogen-bond donors (Lipinski definition) is 0. The maximum atomic E-state index is 5.49. The highest BCUT2D eigenvalue weighted by atomic mass is 16.5. The van der Waals surface area contributed by atoms with E-state index in [1.807, 2.05) is 19.1 Å². The van der Waals surface area contributed by atoms with Crippen LogP contribution in [0.2, 0.25) is 0 Å². The first kappa shape index (κ1) is 19.9. The van der Waals surface area contributed by atoms with Gasteiger partial charge in [0.2, 0.25) is 0 Å². The minimum atomic E-state index is 0.698. The van der Waals surface area contributed by atoms with Crippen LogP contribution < -0.4 is 4.74 Å². The lowest BCUT2D eigenvalue weighted by atomic mass is 10.0. The van der Waals surface area contributed by atoms with Gasteiger partial charge in [-0.05, 0) is 59.7 Å². The minimum Gasteiger partial charge on any atom is -0.494 e. The molecule has 0 heterocycles. The van der Waals surface area contributed by atoms with Crippen LogP contribution in [0.25, 0.3) is 23.3 Å². The van der Waals surface area contributed by atoms with E-state index < -0.39 is 0 Å². The molecule has 3 aromatic rings. The minimum absolute atomic E-state index is 0.698. The molecule has 3 aromatic carbocycles. The predicted octanol–water partition coefficient (Wildman–Crippen LogP) is 7.66. The van der Waals surface area contributed by atoms with Gasteiger partial charge in [0, 0.05) is 0 Å². The zero-order valence-electron chi connectivity index (χ0n) is 17.0. The molecule has 28 heavy (non-hydrogen) atoms. The van der Waals surface area contributed by atoms with Gasteiger partial charge in [-0.25, -0.2) is 0 Å². The monoisotopic (exact) mass is 370 g/mol. The first-order chi connectivity index (χ1) is 13.8. The number of ether oxygens (including phenoxy) is 1. The van der Waals surface area contributed by atoms with Crippen LogP contribution in [0.3, 0.4) is 0 Å². The summed E-state index contributed by atoms with van der Waals surface area (Å²) in [5, 5.41) is 0. The summed E-state index contributed by atoms with van der Waals surface area (Å²) in [5.41, 5.74) is 6.35. The number of unbranched alkanes of at least 4 members (excludes halogenated alkanes) is 2. The highest BCUT2D eigenvalue weighted by molar-refractivity contribution is 5.72. The molecule has 0 saturated heterocycles. The van der Waals surface area contributed by atoms with Gasteiger partial charge in [0.05, 0.1) is 6.61 Å². The zero-order valence-corrected chi connectivity index (χ0v) is 17.0. The lowest BCUT2D eigenvalue weighted by Gasteiger charge is -2.05. The molecule has 0 aliphatic carbocycles. The van der Waals surface area contributed by atoms with Crippen molar-refractivity contribution in [3.05, 3.63) is 89.5 Å². The van der Waals surface area contributed by atoms with Crippen molar-refractivity contribution >= 4 is 12.2 Å². The van der Waals surface area contributed by atoms with Gasteiger partial charge in [0.1, 0.15) is 5.75 Å². The third-order valence-corrected chi connectivity index (χ3v) is 4.93. The van der Waals surface area contributed by atoms with Crippen molar-refractivity contribution in [1.82, 2.24) is 0 Å². The molecule has 0 aromatic heterocycles. The zero-order chi connectivity index (χ0) is 19.6. The smallest absolute Gasteiger partial charge is 0.119 e. The summed E-state index contributed by atoms with van der Waals surface area (Å²) < 4.78 is 5.49. The van der Waals surface area contributed by atoms with Crippen molar-refractivity contribution in [2.24, 2.45) is 0 Å². The Morgan fingerprint density at radius 3 is 1.71 bits per heavy atom. The molecule has 0 amide bonds. The van der Waals surface area contributed by atoms with Crippen molar-refractivity contribution in [3.8, 4) is 16.9 Å². The van der Waals surface area contributed by atoms with Gasteiger partial charge >= 0.3 is 0 Å². The van der Waals surface area contributed by atoms with E-state index >= 15 is 0 Å². The second-order valence-corrected chi connectivity index (χ2v) is 7.11. The van der Waals surface area contributed by atoms with Crippen LogP contribution in [-0.4, -0.2) is 6.61 Å². The third kappa shape index (κ3) is 5.85. The van der Waals surface area contributed by atoms with E-state index in [0.717, 1.165) is 5.75 Å². The molecule has 0 unspecified atom stereocenters. The fourth-order valence-corrected chi connectivity index (χ4v) is 3.26. The maximum absolute atomic E-state index is 5.49. The van der Waals surface area contributed by atoms with Crippen molar-refractivity contribution in [2.75, 3.05) is 6.61 Å². The molecule has 1 heteroatoms. The molecule has 0 fully saturated rings. The summed E-state index contributed by atoms with van der Waals surface area (Å²) in [6.45, 7) is 4.95. The second-order valence-electron chi connectivity index (χ2n) is 7.11. The van der Waals surface area contributed by atoms with Gasteiger partial charge in [-0.2, -0.15) is 0 Å². The average molecular weight is 371 g/mol. The average Bonchev–Trinajstić information content (AvgIpc) is 2.75. The normalized spacial score (nSPS) is 11.1. The Balaban J connectivity index is 1.61. The lowest BCUT2D eigenvalue weighted by molar-refractivity contribution is 0.340.